The molecule has 0 saturated heterocycles. The molecule has 0 bridgehead atoms. The van der Waals surface area contributed by atoms with Crippen LogP contribution in [-0.2, 0) is 15.0 Å². The number of benzene rings is 1. The molecule has 100 valence electrons. The van der Waals surface area contributed by atoms with Crippen LogP contribution in [0.5, 0.6) is 0 Å². The second-order valence-corrected chi connectivity index (χ2v) is 4.86. The maximum absolute atomic E-state index is 10.8. The number of carboxylic acids is 2. The summed E-state index contributed by atoms with van der Waals surface area (Å²) in [6.07, 6.45) is 4.87. The normalized spacial score (nSPS) is 15.2. The Morgan fingerprint density at radius 1 is 1.00 bits per heavy atom. The standard InChI is InChI=1S/C15H16O4/c16-13(17)6-9-15(10-7-14(18)19)8-5-11-3-1-2-4-12(11)15/h1-5,8H,6-7,9-10H2,(H,16,17)(H,18,19). The Morgan fingerprint density at radius 3 is 2.16 bits per heavy atom. The van der Waals surface area contributed by atoms with E-state index >= 15 is 0 Å². The second-order valence-electron chi connectivity index (χ2n) is 4.86. The molecule has 0 saturated carbocycles. The summed E-state index contributed by atoms with van der Waals surface area (Å²) in [6.45, 7) is 0. The van der Waals surface area contributed by atoms with E-state index in [1.54, 1.807) is 0 Å². The monoisotopic (exact) mass is 260 g/mol. The van der Waals surface area contributed by atoms with Crippen molar-refractivity contribution >= 4 is 18.0 Å². The van der Waals surface area contributed by atoms with E-state index in [0.717, 1.165) is 11.1 Å². The van der Waals surface area contributed by atoms with Gasteiger partial charge in [-0.1, -0.05) is 36.4 Å². The topological polar surface area (TPSA) is 74.6 Å². The first kappa shape index (κ1) is 13.3. The summed E-state index contributed by atoms with van der Waals surface area (Å²) in [4.78, 5) is 21.6. The van der Waals surface area contributed by atoms with E-state index in [1.165, 1.54) is 0 Å². The van der Waals surface area contributed by atoms with Gasteiger partial charge in [0.2, 0.25) is 0 Å². The molecule has 19 heavy (non-hydrogen) atoms. The van der Waals surface area contributed by atoms with Crippen molar-refractivity contribution in [2.45, 2.75) is 31.1 Å². The number of fused-ring (bicyclic) bond motifs is 1. The molecule has 1 aromatic carbocycles. The Labute approximate surface area is 111 Å². The van der Waals surface area contributed by atoms with Crippen LogP contribution in [0.4, 0.5) is 0 Å². The summed E-state index contributed by atoms with van der Waals surface area (Å²) in [6, 6.07) is 7.75. The minimum atomic E-state index is -0.854. The van der Waals surface area contributed by atoms with E-state index in [0.29, 0.717) is 12.8 Å². The van der Waals surface area contributed by atoms with Gasteiger partial charge in [0.15, 0.2) is 0 Å². The third-order valence-electron chi connectivity index (χ3n) is 3.65. The predicted molar refractivity (Wildman–Crippen MR) is 70.9 cm³/mol. The van der Waals surface area contributed by atoms with E-state index < -0.39 is 17.4 Å². The van der Waals surface area contributed by atoms with E-state index in [9.17, 15) is 9.59 Å². The third kappa shape index (κ3) is 2.84. The highest BCUT2D eigenvalue weighted by Crippen LogP contribution is 2.43. The first-order valence-electron chi connectivity index (χ1n) is 6.26. The number of carbonyl (C=O) groups is 2. The molecule has 4 nitrogen and oxygen atoms in total. The summed E-state index contributed by atoms with van der Waals surface area (Å²) >= 11 is 0. The van der Waals surface area contributed by atoms with Crippen molar-refractivity contribution in [1.29, 1.82) is 0 Å². The molecule has 0 atom stereocenters. The molecule has 4 heteroatoms. The molecule has 2 rings (SSSR count). The maximum atomic E-state index is 10.8. The fourth-order valence-electron chi connectivity index (χ4n) is 2.66. The Balaban J connectivity index is 2.28. The Hall–Kier alpha value is -2.10. The van der Waals surface area contributed by atoms with Crippen LogP contribution in [0.1, 0.15) is 36.8 Å². The molecule has 1 aromatic rings. The Bertz CT molecular complexity index is 513. The largest absolute Gasteiger partial charge is 0.481 e. The van der Waals surface area contributed by atoms with Crippen molar-refractivity contribution in [3.05, 3.63) is 41.5 Å². The van der Waals surface area contributed by atoms with Crippen molar-refractivity contribution in [2.24, 2.45) is 0 Å². The molecule has 1 aliphatic rings. The minimum Gasteiger partial charge on any atom is -0.481 e. The van der Waals surface area contributed by atoms with Crippen LogP contribution in [0.3, 0.4) is 0 Å². The van der Waals surface area contributed by atoms with Crippen molar-refractivity contribution in [3.8, 4) is 0 Å². The Kier molecular flexibility index (Phi) is 3.69. The van der Waals surface area contributed by atoms with Gasteiger partial charge in [0.1, 0.15) is 0 Å². The van der Waals surface area contributed by atoms with Gasteiger partial charge in [-0.15, -0.1) is 0 Å². The SMILES string of the molecule is O=C(O)CCC1(CCC(=O)O)C=Cc2ccccc21. The molecule has 0 fully saturated rings. The molecule has 0 spiro atoms. The van der Waals surface area contributed by atoms with Gasteiger partial charge < -0.3 is 10.2 Å². The zero-order valence-corrected chi connectivity index (χ0v) is 10.5. The summed E-state index contributed by atoms with van der Waals surface area (Å²) < 4.78 is 0. The lowest BCUT2D eigenvalue weighted by atomic mass is 9.75. The van der Waals surface area contributed by atoms with Crippen LogP contribution in [0.2, 0.25) is 0 Å². The van der Waals surface area contributed by atoms with Crippen molar-refractivity contribution in [2.75, 3.05) is 0 Å². The number of hydrogen-bond acceptors (Lipinski definition) is 2. The number of rotatable bonds is 6. The number of allylic oxidation sites excluding steroid dienone is 1. The summed E-state index contributed by atoms with van der Waals surface area (Å²) in [7, 11) is 0. The quantitative estimate of drug-likeness (QED) is 0.824. The minimum absolute atomic E-state index is 0.0400. The lowest BCUT2D eigenvalue weighted by Crippen LogP contribution is -2.24. The van der Waals surface area contributed by atoms with Crippen LogP contribution >= 0.6 is 0 Å². The molecule has 0 unspecified atom stereocenters. The average Bonchev–Trinajstić information content (AvgIpc) is 2.74. The molecular formula is C15H16O4. The van der Waals surface area contributed by atoms with Crippen LogP contribution in [0.15, 0.2) is 30.3 Å². The number of hydrogen-bond donors (Lipinski definition) is 2. The van der Waals surface area contributed by atoms with Crippen LogP contribution in [-0.4, -0.2) is 22.2 Å². The van der Waals surface area contributed by atoms with Gasteiger partial charge in [-0.3, -0.25) is 9.59 Å². The number of carboxylic acid groups (broad SMARTS) is 2. The van der Waals surface area contributed by atoms with Crippen LogP contribution in [0, 0.1) is 0 Å². The van der Waals surface area contributed by atoms with Gasteiger partial charge in [-0.25, -0.2) is 0 Å². The van der Waals surface area contributed by atoms with E-state index in [4.69, 9.17) is 10.2 Å². The fourth-order valence-corrected chi connectivity index (χ4v) is 2.66. The van der Waals surface area contributed by atoms with E-state index in [2.05, 4.69) is 0 Å². The first-order valence-corrected chi connectivity index (χ1v) is 6.26. The van der Waals surface area contributed by atoms with Gasteiger partial charge in [0.05, 0.1) is 0 Å². The highest BCUT2D eigenvalue weighted by atomic mass is 16.4. The van der Waals surface area contributed by atoms with Gasteiger partial charge in [-0.05, 0) is 24.0 Å². The van der Waals surface area contributed by atoms with E-state index in [-0.39, 0.29) is 12.8 Å². The van der Waals surface area contributed by atoms with Gasteiger partial charge in [0.25, 0.3) is 0 Å². The lowest BCUT2D eigenvalue weighted by molar-refractivity contribution is -0.137. The summed E-state index contributed by atoms with van der Waals surface area (Å²) in [5, 5.41) is 17.7. The summed E-state index contributed by atoms with van der Waals surface area (Å²) in [5.74, 6) is -1.71. The van der Waals surface area contributed by atoms with E-state index in [1.807, 2.05) is 36.4 Å². The molecule has 2 N–H and O–H groups in total. The molecular weight excluding hydrogens is 244 g/mol. The lowest BCUT2D eigenvalue weighted by Gasteiger charge is -2.28. The van der Waals surface area contributed by atoms with Crippen LogP contribution < -0.4 is 0 Å². The van der Waals surface area contributed by atoms with Crippen molar-refractivity contribution < 1.29 is 19.8 Å². The molecule has 0 amide bonds. The highest BCUT2D eigenvalue weighted by Gasteiger charge is 2.35. The van der Waals surface area contributed by atoms with Crippen LogP contribution in [0.25, 0.3) is 6.08 Å². The molecule has 0 aromatic heterocycles. The molecule has 0 heterocycles. The van der Waals surface area contributed by atoms with Crippen molar-refractivity contribution in [3.63, 3.8) is 0 Å². The number of aliphatic carboxylic acids is 2. The smallest absolute Gasteiger partial charge is 0.303 e. The van der Waals surface area contributed by atoms with Gasteiger partial charge >= 0.3 is 11.9 Å². The van der Waals surface area contributed by atoms with Gasteiger partial charge in [-0.2, -0.15) is 0 Å². The highest BCUT2D eigenvalue weighted by molar-refractivity contribution is 5.71. The maximum Gasteiger partial charge on any atom is 0.303 e. The fraction of sp³-hybridized carbons (Fsp3) is 0.333. The third-order valence-corrected chi connectivity index (χ3v) is 3.65. The Morgan fingerprint density at radius 2 is 1.58 bits per heavy atom. The van der Waals surface area contributed by atoms with Gasteiger partial charge in [0, 0.05) is 18.3 Å². The second kappa shape index (κ2) is 5.26. The zero-order chi connectivity index (χ0) is 13.9. The molecule has 1 aliphatic carbocycles. The predicted octanol–water partition coefficient (Wildman–Crippen LogP) is 2.68. The van der Waals surface area contributed by atoms with Crippen molar-refractivity contribution in [1.82, 2.24) is 0 Å². The zero-order valence-electron chi connectivity index (χ0n) is 10.5. The average molecular weight is 260 g/mol. The summed E-state index contributed by atoms with van der Waals surface area (Å²) in [5.41, 5.74) is 1.64. The molecule has 0 radical (unpaired) electrons. The first-order chi connectivity index (χ1) is 9.03. The molecule has 0 aliphatic heterocycles.